The van der Waals surface area contributed by atoms with Crippen molar-refractivity contribution in [1.82, 2.24) is 0 Å². The van der Waals surface area contributed by atoms with Crippen molar-refractivity contribution in [2.45, 2.75) is 19.3 Å². The van der Waals surface area contributed by atoms with Crippen LogP contribution in [0.5, 0.6) is 0 Å². The molecule has 0 radical (unpaired) electrons. The van der Waals surface area contributed by atoms with Crippen molar-refractivity contribution >= 4 is 5.78 Å². The third-order valence-electron chi connectivity index (χ3n) is 1.31. The van der Waals surface area contributed by atoms with E-state index < -0.39 is 0 Å². The van der Waals surface area contributed by atoms with Crippen LogP contribution in [0, 0.1) is 11.8 Å². The molecule has 0 aromatic rings. The Hall–Kier alpha value is -1.27. The van der Waals surface area contributed by atoms with Gasteiger partial charge in [-0.25, -0.2) is 0 Å². The van der Waals surface area contributed by atoms with Crippen molar-refractivity contribution in [2.24, 2.45) is 0 Å². The summed E-state index contributed by atoms with van der Waals surface area (Å²) in [6.07, 6.45) is 4.64. The van der Waals surface area contributed by atoms with Crippen LogP contribution in [0.15, 0.2) is 12.3 Å². The first-order valence-corrected chi connectivity index (χ1v) is 4.14. The number of Topliss-reactive ketones (excluding diaryl/α,β-unsaturated/α-hetero) is 1. The zero-order chi connectivity index (χ0) is 9.94. The number of carbonyl (C=O) groups excluding carboxylic acids is 1. The van der Waals surface area contributed by atoms with Crippen LogP contribution in [0.4, 0.5) is 0 Å². The zero-order valence-electron chi connectivity index (χ0n) is 7.75. The maximum atomic E-state index is 11.0. The van der Waals surface area contributed by atoms with Gasteiger partial charge in [0.1, 0.15) is 0 Å². The Balaban J connectivity index is 3.58. The molecule has 0 aliphatic rings. The van der Waals surface area contributed by atoms with E-state index in [1.807, 2.05) is 0 Å². The molecular formula is C10H14O3. The van der Waals surface area contributed by atoms with Gasteiger partial charge in [0.15, 0.2) is 0 Å². The summed E-state index contributed by atoms with van der Waals surface area (Å²) < 4.78 is 4.59. The highest BCUT2D eigenvalue weighted by atomic mass is 16.5. The number of unbranched alkanes of at least 4 members (excludes halogenated alkanes) is 1. The second-order valence-electron chi connectivity index (χ2n) is 2.41. The van der Waals surface area contributed by atoms with Gasteiger partial charge in [0.2, 0.25) is 5.78 Å². The summed E-state index contributed by atoms with van der Waals surface area (Å²) in [6.45, 7) is 0.129. The van der Waals surface area contributed by atoms with Crippen LogP contribution >= 0.6 is 0 Å². The van der Waals surface area contributed by atoms with Crippen LogP contribution < -0.4 is 0 Å². The highest BCUT2D eigenvalue weighted by Gasteiger charge is 1.94. The number of methoxy groups -OCH3 is 1. The first kappa shape index (κ1) is 11.7. The molecule has 3 heteroatoms. The van der Waals surface area contributed by atoms with E-state index in [9.17, 15) is 4.79 Å². The average Bonchev–Trinajstić information content (AvgIpc) is 2.13. The summed E-state index contributed by atoms with van der Waals surface area (Å²) in [7, 11) is 1.52. The largest absolute Gasteiger partial charge is 0.504 e. The second-order valence-corrected chi connectivity index (χ2v) is 2.41. The minimum absolute atomic E-state index is 0.103. The summed E-state index contributed by atoms with van der Waals surface area (Å²) in [5.41, 5.74) is 0. The Morgan fingerprint density at radius 2 is 2.31 bits per heavy atom. The molecule has 0 rings (SSSR count). The van der Waals surface area contributed by atoms with Gasteiger partial charge >= 0.3 is 0 Å². The number of ketones is 1. The predicted molar refractivity (Wildman–Crippen MR) is 49.9 cm³/mol. The van der Waals surface area contributed by atoms with Gasteiger partial charge in [-0.15, -0.1) is 0 Å². The van der Waals surface area contributed by atoms with Gasteiger partial charge in [0.25, 0.3) is 0 Å². The molecule has 0 atom stereocenters. The molecule has 0 aliphatic heterocycles. The van der Waals surface area contributed by atoms with Crippen LogP contribution in [0.1, 0.15) is 19.3 Å². The molecule has 72 valence electrons. The van der Waals surface area contributed by atoms with E-state index in [-0.39, 0.29) is 12.4 Å². The number of aliphatic hydroxyl groups is 1. The highest BCUT2D eigenvalue weighted by molar-refractivity contribution is 5.95. The van der Waals surface area contributed by atoms with Crippen molar-refractivity contribution in [1.29, 1.82) is 0 Å². The molecule has 0 saturated heterocycles. The maximum Gasteiger partial charge on any atom is 0.205 e. The fourth-order valence-corrected chi connectivity index (χ4v) is 0.684. The van der Waals surface area contributed by atoms with Gasteiger partial charge < -0.3 is 9.84 Å². The normalized spacial score (nSPS) is 9.38. The van der Waals surface area contributed by atoms with E-state index in [0.717, 1.165) is 0 Å². The van der Waals surface area contributed by atoms with E-state index in [2.05, 4.69) is 16.6 Å². The van der Waals surface area contributed by atoms with Crippen molar-refractivity contribution < 1.29 is 14.6 Å². The Labute approximate surface area is 78.4 Å². The molecule has 1 N–H and O–H groups in total. The van der Waals surface area contributed by atoms with Gasteiger partial charge in [0, 0.05) is 19.1 Å². The van der Waals surface area contributed by atoms with Crippen molar-refractivity contribution in [2.75, 3.05) is 13.7 Å². The van der Waals surface area contributed by atoms with Crippen molar-refractivity contribution in [3.05, 3.63) is 12.3 Å². The van der Waals surface area contributed by atoms with E-state index in [4.69, 9.17) is 5.11 Å². The summed E-state index contributed by atoms with van der Waals surface area (Å²) in [5, 5.41) is 8.45. The summed E-state index contributed by atoms with van der Waals surface area (Å²) in [5.74, 6) is 4.88. The highest BCUT2D eigenvalue weighted by Crippen LogP contribution is 1.94. The lowest BCUT2D eigenvalue weighted by Crippen LogP contribution is -1.93. The fourth-order valence-electron chi connectivity index (χ4n) is 0.684. The minimum atomic E-state index is -0.103. The molecule has 0 aromatic carbocycles. The molecule has 0 fully saturated rings. The molecule has 3 nitrogen and oxygen atoms in total. The molecule has 0 spiro atoms. The third kappa shape index (κ3) is 8.64. The molecular weight excluding hydrogens is 168 g/mol. The number of hydrogen-bond acceptors (Lipinski definition) is 3. The van der Waals surface area contributed by atoms with Crippen LogP contribution in [0.2, 0.25) is 0 Å². The molecule has 0 saturated carbocycles. The number of carbonyl (C=O) groups is 1. The number of rotatable bonds is 5. The standard InChI is InChI=1S/C10H14O3/c1-13-9-5-3-7-10(12)6-2-4-8-11/h5,9,11H,2,4,6,8H2,1H3/b9-5-. The Bertz CT molecular complexity index is 220. The number of aliphatic hydroxyl groups excluding tert-OH is 1. The topological polar surface area (TPSA) is 46.5 Å². The lowest BCUT2D eigenvalue weighted by atomic mass is 10.2. The van der Waals surface area contributed by atoms with Gasteiger partial charge in [-0.05, 0) is 18.8 Å². The number of ether oxygens (including phenoxy) is 1. The molecule has 0 heterocycles. The summed E-state index contributed by atoms with van der Waals surface area (Å²) in [4.78, 5) is 11.0. The Morgan fingerprint density at radius 1 is 1.54 bits per heavy atom. The van der Waals surface area contributed by atoms with Gasteiger partial charge in [-0.3, -0.25) is 4.79 Å². The van der Waals surface area contributed by atoms with Gasteiger partial charge in [-0.2, -0.15) is 0 Å². The Morgan fingerprint density at radius 3 is 2.92 bits per heavy atom. The first-order chi connectivity index (χ1) is 6.31. The van der Waals surface area contributed by atoms with E-state index in [0.29, 0.717) is 19.3 Å². The lowest BCUT2D eigenvalue weighted by molar-refractivity contribution is -0.113. The van der Waals surface area contributed by atoms with Gasteiger partial charge in [-0.1, -0.05) is 5.92 Å². The van der Waals surface area contributed by atoms with Crippen LogP contribution in [0.25, 0.3) is 0 Å². The fraction of sp³-hybridized carbons (Fsp3) is 0.500. The van der Waals surface area contributed by atoms with Crippen molar-refractivity contribution in [3.8, 4) is 11.8 Å². The van der Waals surface area contributed by atoms with Gasteiger partial charge in [0.05, 0.1) is 13.4 Å². The minimum Gasteiger partial charge on any atom is -0.504 e. The Kier molecular flexibility index (Phi) is 7.96. The molecule has 0 amide bonds. The zero-order valence-corrected chi connectivity index (χ0v) is 7.75. The van der Waals surface area contributed by atoms with Crippen LogP contribution in [-0.2, 0) is 9.53 Å². The number of hydrogen-bond donors (Lipinski definition) is 1. The molecule has 0 aliphatic carbocycles. The molecule has 0 aromatic heterocycles. The summed E-state index contributed by atoms with van der Waals surface area (Å²) >= 11 is 0. The maximum absolute atomic E-state index is 11.0. The monoisotopic (exact) mass is 182 g/mol. The second kappa shape index (κ2) is 8.82. The predicted octanol–water partition coefficient (Wildman–Crippen LogP) is 0.882. The smallest absolute Gasteiger partial charge is 0.205 e. The number of allylic oxidation sites excluding steroid dienone is 1. The first-order valence-electron chi connectivity index (χ1n) is 4.14. The van der Waals surface area contributed by atoms with Crippen molar-refractivity contribution in [3.63, 3.8) is 0 Å². The quantitative estimate of drug-likeness (QED) is 0.297. The van der Waals surface area contributed by atoms with E-state index in [1.54, 1.807) is 0 Å². The van der Waals surface area contributed by atoms with Crippen LogP contribution in [-0.4, -0.2) is 24.6 Å². The van der Waals surface area contributed by atoms with Crippen LogP contribution in [0.3, 0.4) is 0 Å². The average molecular weight is 182 g/mol. The molecule has 13 heavy (non-hydrogen) atoms. The lowest BCUT2D eigenvalue weighted by Gasteiger charge is -1.90. The SMILES string of the molecule is CO/C=C\C#CC(=O)CCCCO. The molecule has 0 bridgehead atoms. The molecule has 0 unspecified atom stereocenters. The summed E-state index contributed by atoms with van der Waals surface area (Å²) in [6, 6.07) is 0. The van der Waals surface area contributed by atoms with E-state index >= 15 is 0 Å². The third-order valence-corrected chi connectivity index (χ3v) is 1.31. The van der Waals surface area contributed by atoms with E-state index in [1.165, 1.54) is 19.4 Å².